The number of nitrogens with one attached hydrogen (secondary N) is 2. The van der Waals surface area contributed by atoms with Gasteiger partial charge in [0.15, 0.2) is 0 Å². The van der Waals surface area contributed by atoms with E-state index in [1.165, 1.54) is 0 Å². The summed E-state index contributed by atoms with van der Waals surface area (Å²) in [4.78, 5) is 12.3. The fourth-order valence-corrected chi connectivity index (χ4v) is 2.34. The average molecular weight is 313 g/mol. The number of anilines is 1. The van der Waals surface area contributed by atoms with Crippen LogP contribution in [0.4, 0.5) is 5.69 Å². The van der Waals surface area contributed by atoms with Gasteiger partial charge >= 0.3 is 0 Å². The Balaban J connectivity index is 0.00000220. The van der Waals surface area contributed by atoms with Crippen molar-refractivity contribution in [2.24, 2.45) is 5.92 Å². The van der Waals surface area contributed by atoms with Gasteiger partial charge in [0.25, 0.3) is 0 Å². The van der Waals surface area contributed by atoms with E-state index >= 15 is 0 Å². The fourth-order valence-electron chi connectivity index (χ4n) is 2.34. The van der Waals surface area contributed by atoms with Crippen molar-refractivity contribution in [3.05, 3.63) is 24.3 Å². The van der Waals surface area contributed by atoms with Crippen molar-refractivity contribution in [1.82, 2.24) is 5.32 Å². The molecule has 118 valence electrons. The molecular weight excluding hydrogens is 288 g/mol. The zero-order valence-electron chi connectivity index (χ0n) is 12.6. The smallest absolute Gasteiger partial charge is 0.227 e. The van der Waals surface area contributed by atoms with Crippen LogP contribution in [-0.4, -0.2) is 25.6 Å². The van der Waals surface area contributed by atoms with Crippen LogP contribution in [0.25, 0.3) is 0 Å². The first-order valence-electron chi connectivity index (χ1n) is 7.54. The Morgan fingerprint density at radius 1 is 1.33 bits per heavy atom. The Hall–Kier alpha value is -1.26. The maximum atomic E-state index is 12.3. The van der Waals surface area contributed by atoms with Crippen molar-refractivity contribution >= 4 is 24.0 Å². The van der Waals surface area contributed by atoms with Gasteiger partial charge in [-0.15, -0.1) is 12.4 Å². The molecule has 1 fully saturated rings. The number of para-hydroxylation sites is 2. The van der Waals surface area contributed by atoms with Gasteiger partial charge in [-0.3, -0.25) is 4.79 Å². The van der Waals surface area contributed by atoms with Gasteiger partial charge in [-0.25, -0.2) is 0 Å². The lowest BCUT2D eigenvalue weighted by atomic mass is 9.97. The molecule has 0 spiro atoms. The number of rotatable bonds is 6. The van der Waals surface area contributed by atoms with Gasteiger partial charge < -0.3 is 15.4 Å². The number of hydrogen-bond donors (Lipinski definition) is 2. The fraction of sp³-hybridized carbons (Fsp3) is 0.562. The molecule has 0 aliphatic carbocycles. The van der Waals surface area contributed by atoms with Crippen LogP contribution in [0.2, 0.25) is 0 Å². The van der Waals surface area contributed by atoms with E-state index in [0.29, 0.717) is 6.61 Å². The number of ether oxygens (including phenoxy) is 1. The Labute approximate surface area is 133 Å². The lowest BCUT2D eigenvalue weighted by Gasteiger charge is -2.22. The number of unbranched alkanes of at least 4 members (excludes halogenated alkanes) is 1. The van der Waals surface area contributed by atoms with E-state index in [2.05, 4.69) is 17.6 Å². The standard InChI is InChI=1S/C16H24N2O2.ClH/c1-2-3-12-20-15-7-5-4-6-14(15)18-16(19)13-8-10-17-11-9-13;/h4-7,13,17H,2-3,8-12H2,1H3,(H,18,19);1H. The third-order valence-corrected chi connectivity index (χ3v) is 3.61. The molecule has 1 saturated heterocycles. The number of carbonyl (C=O) groups is 1. The highest BCUT2D eigenvalue weighted by molar-refractivity contribution is 5.94. The lowest BCUT2D eigenvalue weighted by molar-refractivity contribution is -0.120. The van der Waals surface area contributed by atoms with Crippen molar-refractivity contribution in [2.75, 3.05) is 25.0 Å². The molecule has 1 amide bonds. The Morgan fingerprint density at radius 3 is 2.76 bits per heavy atom. The summed E-state index contributed by atoms with van der Waals surface area (Å²) in [5.74, 6) is 0.987. The summed E-state index contributed by atoms with van der Waals surface area (Å²) in [5, 5.41) is 6.29. The second-order valence-corrected chi connectivity index (χ2v) is 5.21. The number of benzene rings is 1. The molecule has 1 aromatic carbocycles. The van der Waals surface area contributed by atoms with Crippen LogP contribution in [0.15, 0.2) is 24.3 Å². The van der Waals surface area contributed by atoms with Crippen LogP contribution in [0.5, 0.6) is 5.75 Å². The highest BCUT2D eigenvalue weighted by Gasteiger charge is 2.21. The van der Waals surface area contributed by atoms with Gasteiger partial charge in [0.05, 0.1) is 12.3 Å². The maximum absolute atomic E-state index is 12.3. The SMILES string of the molecule is CCCCOc1ccccc1NC(=O)C1CCNCC1.Cl. The lowest BCUT2D eigenvalue weighted by Crippen LogP contribution is -2.34. The molecule has 2 N–H and O–H groups in total. The van der Waals surface area contributed by atoms with E-state index in [9.17, 15) is 4.79 Å². The van der Waals surface area contributed by atoms with E-state index in [1.54, 1.807) is 0 Å². The molecule has 0 unspecified atom stereocenters. The predicted octanol–water partition coefficient (Wildman–Crippen LogP) is 3.23. The van der Waals surface area contributed by atoms with Crippen LogP contribution >= 0.6 is 12.4 Å². The first-order valence-corrected chi connectivity index (χ1v) is 7.54. The van der Waals surface area contributed by atoms with Crippen molar-refractivity contribution < 1.29 is 9.53 Å². The summed E-state index contributed by atoms with van der Waals surface area (Å²) in [6, 6.07) is 7.67. The molecular formula is C16H25ClN2O2. The van der Waals surface area contributed by atoms with Crippen molar-refractivity contribution in [1.29, 1.82) is 0 Å². The molecule has 2 rings (SSSR count). The quantitative estimate of drug-likeness (QED) is 0.793. The molecule has 1 aromatic rings. The molecule has 0 atom stereocenters. The van der Waals surface area contributed by atoms with Crippen LogP contribution in [-0.2, 0) is 4.79 Å². The van der Waals surface area contributed by atoms with E-state index in [0.717, 1.165) is 50.2 Å². The molecule has 1 heterocycles. The van der Waals surface area contributed by atoms with Crippen LogP contribution in [0, 0.1) is 5.92 Å². The van der Waals surface area contributed by atoms with E-state index < -0.39 is 0 Å². The summed E-state index contributed by atoms with van der Waals surface area (Å²) in [6.45, 7) is 4.67. The maximum Gasteiger partial charge on any atom is 0.227 e. The number of amides is 1. The summed E-state index contributed by atoms with van der Waals surface area (Å²) < 4.78 is 5.74. The van der Waals surface area contributed by atoms with Gasteiger partial charge in [0.1, 0.15) is 5.75 Å². The summed E-state index contributed by atoms with van der Waals surface area (Å²) in [5.41, 5.74) is 0.784. The minimum Gasteiger partial charge on any atom is -0.491 e. The molecule has 0 radical (unpaired) electrons. The summed E-state index contributed by atoms with van der Waals surface area (Å²) in [6.07, 6.45) is 3.94. The third kappa shape index (κ3) is 5.56. The van der Waals surface area contributed by atoms with Crippen LogP contribution < -0.4 is 15.4 Å². The third-order valence-electron chi connectivity index (χ3n) is 3.61. The summed E-state index contributed by atoms with van der Waals surface area (Å²) in [7, 11) is 0. The summed E-state index contributed by atoms with van der Waals surface area (Å²) >= 11 is 0. The second-order valence-electron chi connectivity index (χ2n) is 5.21. The van der Waals surface area contributed by atoms with Gasteiger partial charge in [-0.05, 0) is 44.5 Å². The Bertz CT molecular complexity index is 434. The van der Waals surface area contributed by atoms with E-state index in [-0.39, 0.29) is 24.2 Å². The highest BCUT2D eigenvalue weighted by atomic mass is 35.5. The largest absolute Gasteiger partial charge is 0.491 e. The van der Waals surface area contributed by atoms with Crippen molar-refractivity contribution in [3.63, 3.8) is 0 Å². The minimum absolute atomic E-state index is 0. The Kier molecular flexibility index (Phi) is 8.16. The molecule has 0 bridgehead atoms. The predicted molar refractivity (Wildman–Crippen MR) is 88.3 cm³/mol. The molecule has 0 aromatic heterocycles. The number of hydrogen-bond acceptors (Lipinski definition) is 3. The Morgan fingerprint density at radius 2 is 2.05 bits per heavy atom. The monoisotopic (exact) mass is 312 g/mol. The normalized spacial score (nSPS) is 15.1. The average Bonchev–Trinajstić information content (AvgIpc) is 2.50. The zero-order valence-corrected chi connectivity index (χ0v) is 13.4. The number of carbonyl (C=O) groups excluding carboxylic acids is 1. The first-order chi connectivity index (χ1) is 9.81. The van der Waals surface area contributed by atoms with Crippen LogP contribution in [0.3, 0.4) is 0 Å². The van der Waals surface area contributed by atoms with Crippen molar-refractivity contribution in [3.8, 4) is 5.75 Å². The molecule has 1 aliphatic heterocycles. The van der Waals surface area contributed by atoms with Gasteiger partial charge in [0.2, 0.25) is 5.91 Å². The minimum atomic E-state index is 0. The van der Waals surface area contributed by atoms with E-state index in [4.69, 9.17) is 4.74 Å². The number of piperidine rings is 1. The molecule has 1 aliphatic rings. The number of halogens is 1. The highest BCUT2D eigenvalue weighted by Crippen LogP contribution is 2.25. The van der Waals surface area contributed by atoms with Gasteiger partial charge in [0, 0.05) is 5.92 Å². The molecule has 21 heavy (non-hydrogen) atoms. The van der Waals surface area contributed by atoms with Gasteiger partial charge in [-0.2, -0.15) is 0 Å². The molecule has 4 nitrogen and oxygen atoms in total. The van der Waals surface area contributed by atoms with Crippen LogP contribution in [0.1, 0.15) is 32.6 Å². The van der Waals surface area contributed by atoms with Gasteiger partial charge in [-0.1, -0.05) is 25.5 Å². The second kappa shape index (κ2) is 9.64. The van der Waals surface area contributed by atoms with E-state index in [1.807, 2.05) is 24.3 Å². The topological polar surface area (TPSA) is 50.4 Å². The molecule has 5 heteroatoms. The molecule has 0 saturated carbocycles. The first kappa shape index (κ1) is 17.8. The van der Waals surface area contributed by atoms with Crippen molar-refractivity contribution in [2.45, 2.75) is 32.6 Å². The zero-order chi connectivity index (χ0) is 14.2.